The molecule has 0 aliphatic carbocycles. The number of alkyl halides is 3. The summed E-state index contributed by atoms with van der Waals surface area (Å²) >= 11 is 6.83. The maximum Gasteiger partial charge on any atom is 0.451 e. The molecule has 0 aromatic carbocycles. The number of hydrogen-bond acceptors (Lipinski definition) is 4. The van der Waals surface area contributed by atoms with Crippen molar-refractivity contribution in [1.29, 1.82) is 0 Å². The molecule has 0 amide bonds. The van der Waals surface area contributed by atoms with E-state index in [1.54, 1.807) is 0 Å². The molecule has 0 bridgehead atoms. The van der Waals surface area contributed by atoms with Gasteiger partial charge in [-0.1, -0.05) is 11.6 Å². The molecule has 2 atom stereocenters. The van der Waals surface area contributed by atoms with Crippen molar-refractivity contribution in [2.45, 2.75) is 35.9 Å². The molecule has 1 aliphatic rings. The summed E-state index contributed by atoms with van der Waals surface area (Å²) in [6, 6.07) is 1.34. The minimum absolute atomic E-state index is 0.00178. The Hall–Kier alpha value is -0.530. The maximum atomic E-state index is 12.5. The SMILES string of the molecule is CC1OCCC1Sc1cc(Cl)nc(C(F)(F)F)n1. The molecule has 1 fully saturated rings. The first kappa shape index (κ1) is 13.9. The Morgan fingerprint density at radius 1 is 1.44 bits per heavy atom. The Kier molecular flexibility index (Phi) is 4.03. The first-order chi connectivity index (χ1) is 8.36. The van der Waals surface area contributed by atoms with Gasteiger partial charge in [-0.05, 0) is 13.3 Å². The lowest BCUT2D eigenvalue weighted by molar-refractivity contribution is -0.145. The van der Waals surface area contributed by atoms with E-state index in [0.29, 0.717) is 6.61 Å². The highest BCUT2D eigenvalue weighted by Gasteiger charge is 2.36. The summed E-state index contributed by atoms with van der Waals surface area (Å²) in [7, 11) is 0. The Morgan fingerprint density at radius 3 is 2.72 bits per heavy atom. The molecule has 100 valence electrons. The van der Waals surface area contributed by atoms with Crippen molar-refractivity contribution < 1.29 is 17.9 Å². The van der Waals surface area contributed by atoms with E-state index in [-0.39, 0.29) is 21.5 Å². The highest BCUT2D eigenvalue weighted by atomic mass is 35.5. The van der Waals surface area contributed by atoms with Crippen LogP contribution in [0, 0.1) is 0 Å². The first-order valence-electron chi connectivity index (χ1n) is 5.26. The summed E-state index contributed by atoms with van der Waals surface area (Å²) < 4.78 is 42.9. The third kappa shape index (κ3) is 3.27. The summed E-state index contributed by atoms with van der Waals surface area (Å²) in [6.45, 7) is 2.50. The third-order valence-corrected chi connectivity index (χ3v) is 4.07. The van der Waals surface area contributed by atoms with Crippen LogP contribution >= 0.6 is 23.4 Å². The zero-order valence-corrected chi connectivity index (χ0v) is 10.9. The lowest BCUT2D eigenvalue weighted by atomic mass is 10.3. The van der Waals surface area contributed by atoms with Crippen LogP contribution in [0.25, 0.3) is 0 Å². The number of ether oxygens (including phenoxy) is 1. The van der Waals surface area contributed by atoms with E-state index in [4.69, 9.17) is 16.3 Å². The van der Waals surface area contributed by atoms with Gasteiger partial charge in [-0.2, -0.15) is 13.2 Å². The second-order valence-electron chi connectivity index (χ2n) is 3.87. The van der Waals surface area contributed by atoms with Gasteiger partial charge in [-0.25, -0.2) is 9.97 Å². The number of nitrogens with zero attached hydrogens (tertiary/aromatic N) is 2. The molecule has 8 heteroatoms. The Morgan fingerprint density at radius 2 is 2.17 bits per heavy atom. The molecule has 1 aromatic rings. The largest absolute Gasteiger partial charge is 0.451 e. The fourth-order valence-corrected chi connectivity index (χ4v) is 2.97. The van der Waals surface area contributed by atoms with E-state index in [1.165, 1.54) is 17.8 Å². The van der Waals surface area contributed by atoms with Crippen molar-refractivity contribution in [3.63, 3.8) is 0 Å². The zero-order chi connectivity index (χ0) is 13.3. The van der Waals surface area contributed by atoms with E-state index in [0.717, 1.165) is 6.42 Å². The Bertz CT molecular complexity index is 444. The van der Waals surface area contributed by atoms with Crippen LogP contribution in [0.4, 0.5) is 13.2 Å². The topological polar surface area (TPSA) is 35.0 Å². The van der Waals surface area contributed by atoms with Gasteiger partial charge < -0.3 is 4.74 Å². The molecule has 3 nitrogen and oxygen atoms in total. The fourth-order valence-electron chi connectivity index (χ4n) is 1.61. The highest BCUT2D eigenvalue weighted by molar-refractivity contribution is 7.99. The quantitative estimate of drug-likeness (QED) is 0.784. The molecular weight excluding hydrogens is 289 g/mol. The Balaban J connectivity index is 2.20. The molecule has 1 aromatic heterocycles. The number of rotatable bonds is 2. The average molecular weight is 299 g/mol. The standard InChI is InChI=1S/C10H10ClF3N2OS/c1-5-6(2-3-17-5)18-8-4-7(11)15-9(16-8)10(12,13)14/h4-6H,2-3H2,1H3. The molecule has 0 N–H and O–H groups in total. The maximum absolute atomic E-state index is 12.5. The lowest BCUT2D eigenvalue weighted by Gasteiger charge is -2.13. The van der Waals surface area contributed by atoms with Gasteiger partial charge in [-0.3, -0.25) is 0 Å². The van der Waals surface area contributed by atoms with Crippen LogP contribution in [0.3, 0.4) is 0 Å². The molecule has 0 spiro atoms. The molecular formula is C10H10ClF3N2OS. The van der Waals surface area contributed by atoms with E-state index in [9.17, 15) is 13.2 Å². The molecule has 2 heterocycles. The Labute approximate surface area is 111 Å². The van der Waals surface area contributed by atoms with Crippen molar-refractivity contribution in [2.75, 3.05) is 6.61 Å². The van der Waals surface area contributed by atoms with Gasteiger partial charge in [0.15, 0.2) is 0 Å². The van der Waals surface area contributed by atoms with Gasteiger partial charge in [0.25, 0.3) is 0 Å². The third-order valence-electron chi connectivity index (χ3n) is 2.50. The predicted octanol–water partition coefficient (Wildman–Crippen LogP) is 3.42. The summed E-state index contributed by atoms with van der Waals surface area (Å²) in [4.78, 5) is 6.67. The van der Waals surface area contributed by atoms with Crippen molar-refractivity contribution in [3.8, 4) is 0 Å². The minimum atomic E-state index is -4.59. The fraction of sp³-hybridized carbons (Fsp3) is 0.600. The van der Waals surface area contributed by atoms with Gasteiger partial charge in [0.2, 0.25) is 5.82 Å². The van der Waals surface area contributed by atoms with E-state index in [2.05, 4.69) is 9.97 Å². The second kappa shape index (κ2) is 5.22. The van der Waals surface area contributed by atoms with Crippen LogP contribution in [0.15, 0.2) is 11.1 Å². The lowest BCUT2D eigenvalue weighted by Crippen LogP contribution is -2.15. The molecule has 1 saturated heterocycles. The zero-order valence-electron chi connectivity index (χ0n) is 9.37. The summed E-state index contributed by atoms with van der Waals surface area (Å²) in [5.74, 6) is -1.20. The predicted molar refractivity (Wildman–Crippen MR) is 61.7 cm³/mol. The highest BCUT2D eigenvalue weighted by Crippen LogP contribution is 2.34. The first-order valence-corrected chi connectivity index (χ1v) is 6.52. The molecule has 2 unspecified atom stereocenters. The van der Waals surface area contributed by atoms with E-state index < -0.39 is 12.0 Å². The van der Waals surface area contributed by atoms with Crippen molar-refractivity contribution in [2.24, 2.45) is 0 Å². The van der Waals surface area contributed by atoms with Gasteiger partial charge in [0, 0.05) is 17.9 Å². The molecule has 0 radical (unpaired) electrons. The minimum Gasteiger partial charge on any atom is -0.377 e. The normalized spacial score (nSPS) is 24.5. The second-order valence-corrected chi connectivity index (χ2v) is 5.52. The van der Waals surface area contributed by atoms with Gasteiger partial charge >= 0.3 is 6.18 Å². The van der Waals surface area contributed by atoms with Crippen LogP contribution in [0.2, 0.25) is 5.15 Å². The van der Waals surface area contributed by atoms with Crippen LogP contribution in [-0.2, 0) is 10.9 Å². The average Bonchev–Trinajstić information content (AvgIpc) is 2.62. The van der Waals surface area contributed by atoms with Crippen LogP contribution < -0.4 is 0 Å². The molecule has 0 saturated carbocycles. The molecule has 2 rings (SSSR count). The van der Waals surface area contributed by atoms with Gasteiger partial charge in [0.1, 0.15) is 10.2 Å². The van der Waals surface area contributed by atoms with Crippen LogP contribution in [0.5, 0.6) is 0 Å². The summed E-state index contributed by atoms with van der Waals surface area (Å²) in [5, 5.41) is 0.119. The van der Waals surface area contributed by atoms with Crippen molar-refractivity contribution in [1.82, 2.24) is 9.97 Å². The van der Waals surface area contributed by atoms with Crippen LogP contribution in [-0.4, -0.2) is 27.9 Å². The number of hydrogen-bond donors (Lipinski definition) is 0. The monoisotopic (exact) mass is 298 g/mol. The summed E-state index contributed by atoms with van der Waals surface area (Å²) in [5.41, 5.74) is 0. The van der Waals surface area contributed by atoms with E-state index >= 15 is 0 Å². The van der Waals surface area contributed by atoms with Crippen molar-refractivity contribution >= 4 is 23.4 Å². The van der Waals surface area contributed by atoms with Crippen molar-refractivity contribution in [3.05, 3.63) is 17.0 Å². The number of aromatic nitrogens is 2. The van der Waals surface area contributed by atoms with Gasteiger partial charge in [-0.15, -0.1) is 11.8 Å². The smallest absolute Gasteiger partial charge is 0.377 e. The number of halogens is 4. The van der Waals surface area contributed by atoms with Gasteiger partial charge in [0.05, 0.1) is 6.10 Å². The number of thioether (sulfide) groups is 1. The molecule has 1 aliphatic heterocycles. The van der Waals surface area contributed by atoms with E-state index in [1.807, 2.05) is 6.92 Å². The molecule has 18 heavy (non-hydrogen) atoms. The van der Waals surface area contributed by atoms with Crippen LogP contribution in [0.1, 0.15) is 19.2 Å². The summed E-state index contributed by atoms with van der Waals surface area (Å²) in [6.07, 6.45) is -3.80.